The Morgan fingerprint density at radius 1 is 1.37 bits per heavy atom. The Labute approximate surface area is 116 Å². The van der Waals surface area contributed by atoms with Crippen molar-refractivity contribution in [3.63, 3.8) is 0 Å². The lowest BCUT2D eigenvalue weighted by Gasteiger charge is -2.19. The van der Waals surface area contributed by atoms with Crippen LogP contribution < -0.4 is 5.32 Å². The summed E-state index contributed by atoms with van der Waals surface area (Å²) in [6.07, 6.45) is 5.94. The molecule has 5 nitrogen and oxygen atoms in total. The Bertz CT molecular complexity index is 338. The van der Waals surface area contributed by atoms with Gasteiger partial charge in [-0.2, -0.15) is 0 Å². The molecule has 1 rings (SSSR count). The lowest BCUT2D eigenvalue weighted by Crippen LogP contribution is -2.30. The summed E-state index contributed by atoms with van der Waals surface area (Å²) in [5.41, 5.74) is 1.09. The van der Waals surface area contributed by atoms with Crippen molar-refractivity contribution in [1.29, 1.82) is 0 Å². The van der Waals surface area contributed by atoms with E-state index < -0.39 is 0 Å². The molecule has 0 aromatic heterocycles. The van der Waals surface area contributed by atoms with E-state index in [-0.39, 0.29) is 0 Å². The van der Waals surface area contributed by atoms with Gasteiger partial charge in [-0.3, -0.25) is 9.89 Å². The van der Waals surface area contributed by atoms with Crippen LogP contribution in [0.15, 0.2) is 28.9 Å². The van der Waals surface area contributed by atoms with Crippen LogP contribution in [0.5, 0.6) is 0 Å². The predicted octanol–water partition coefficient (Wildman–Crippen LogP) is 1.04. The molecule has 0 saturated heterocycles. The molecule has 1 heterocycles. The minimum Gasteiger partial charge on any atom is -0.383 e. The van der Waals surface area contributed by atoms with Crippen molar-refractivity contribution < 1.29 is 9.47 Å². The summed E-state index contributed by atoms with van der Waals surface area (Å²) >= 11 is 0. The highest BCUT2D eigenvalue weighted by molar-refractivity contribution is 6.03. The van der Waals surface area contributed by atoms with Gasteiger partial charge in [0.1, 0.15) is 5.84 Å². The van der Waals surface area contributed by atoms with Crippen LogP contribution in [0.2, 0.25) is 0 Å². The summed E-state index contributed by atoms with van der Waals surface area (Å²) in [6, 6.07) is 0. The van der Waals surface area contributed by atoms with Crippen molar-refractivity contribution in [2.75, 3.05) is 53.6 Å². The zero-order valence-electron chi connectivity index (χ0n) is 12.2. The van der Waals surface area contributed by atoms with Crippen LogP contribution in [0.25, 0.3) is 0 Å². The first-order valence-electron chi connectivity index (χ1n) is 6.71. The van der Waals surface area contributed by atoms with E-state index in [0.29, 0.717) is 6.61 Å². The smallest absolute Gasteiger partial charge is 0.131 e. The van der Waals surface area contributed by atoms with Crippen molar-refractivity contribution in [3.8, 4) is 0 Å². The first-order chi connectivity index (χ1) is 9.31. The van der Waals surface area contributed by atoms with Crippen LogP contribution in [0.3, 0.4) is 0 Å². The highest BCUT2D eigenvalue weighted by Crippen LogP contribution is 2.04. The zero-order valence-corrected chi connectivity index (χ0v) is 12.2. The molecule has 0 radical (unpaired) electrons. The molecular formula is C14H25N3O2. The molecule has 108 valence electrons. The second-order valence-electron chi connectivity index (χ2n) is 4.21. The van der Waals surface area contributed by atoms with E-state index in [4.69, 9.17) is 9.47 Å². The van der Waals surface area contributed by atoms with Crippen LogP contribution in [-0.2, 0) is 9.47 Å². The minimum atomic E-state index is 0.613. The summed E-state index contributed by atoms with van der Waals surface area (Å²) in [7, 11) is 3.51. The topological polar surface area (TPSA) is 46.1 Å². The Balaban J connectivity index is 2.16. The second kappa shape index (κ2) is 9.72. The Morgan fingerprint density at radius 2 is 2.16 bits per heavy atom. The molecule has 1 aliphatic heterocycles. The number of rotatable bonds is 9. The molecule has 0 amide bonds. The monoisotopic (exact) mass is 267 g/mol. The number of hydrogen-bond acceptors (Lipinski definition) is 4. The summed E-state index contributed by atoms with van der Waals surface area (Å²) in [6.45, 7) is 7.18. The predicted molar refractivity (Wildman–Crippen MR) is 78.5 cm³/mol. The van der Waals surface area contributed by atoms with E-state index in [1.165, 1.54) is 0 Å². The number of nitrogens with zero attached hydrogens (tertiary/aromatic N) is 2. The molecule has 19 heavy (non-hydrogen) atoms. The molecule has 1 N–H and O–H groups in total. The molecule has 0 aliphatic carbocycles. The van der Waals surface area contributed by atoms with Gasteiger partial charge in [-0.15, -0.1) is 0 Å². The van der Waals surface area contributed by atoms with Gasteiger partial charge in [-0.05, 0) is 18.7 Å². The average molecular weight is 267 g/mol. The summed E-state index contributed by atoms with van der Waals surface area (Å²) < 4.78 is 10.7. The second-order valence-corrected chi connectivity index (χ2v) is 4.21. The minimum absolute atomic E-state index is 0.613. The lowest BCUT2D eigenvalue weighted by molar-refractivity contribution is 0.104. The normalized spacial score (nSPS) is 18.7. The van der Waals surface area contributed by atoms with Gasteiger partial charge in [0.05, 0.1) is 19.8 Å². The van der Waals surface area contributed by atoms with Crippen molar-refractivity contribution in [2.45, 2.75) is 6.92 Å². The number of nitrogens with one attached hydrogen (secondary N) is 1. The Morgan fingerprint density at radius 3 is 2.84 bits per heavy atom. The summed E-state index contributed by atoms with van der Waals surface area (Å²) in [4.78, 5) is 6.45. The maximum atomic E-state index is 5.63. The van der Waals surface area contributed by atoms with E-state index in [1.54, 1.807) is 14.2 Å². The molecular weight excluding hydrogens is 242 g/mol. The standard InChI is InChI=1S/C14H25N3O2/c1-4-17(8-11-18-3)9-12-19-10-6-13-5-7-16-14(13)15-2/h5-7H,4,8-12H2,1-3H3,(H,15,16)/b13-6-. The maximum absolute atomic E-state index is 5.63. The fourth-order valence-electron chi connectivity index (χ4n) is 1.81. The zero-order chi connectivity index (χ0) is 13.9. The highest BCUT2D eigenvalue weighted by Gasteiger charge is 2.06. The lowest BCUT2D eigenvalue weighted by atomic mass is 10.2. The number of amidine groups is 1. The SMILES string of the molecule is CCN(CCOC)CCOC/C=C1/C=CNC1=NC. The maximum Gasteiger partial charge on any atom is 0.131 e. The largest absolute Gasteiger partial charge is 0.383 e. The quantitative estimate of drug-likeness (QED) is 0.634. The van der Waals surface area contributed by atoms with Crippen LogP contribution >= 0.6 is 0 Å². The van der Waals surface area contributed by atoms with Crippen LogP contribution in [-0.4, -0.2) is 64.3 Å². The van der Waals surface area contributed by atoms with E-state index in [0.717, 1.165) is 44.3 Å². The molecule has 0 aromatic rings. The van der Waals surface area contributed by atoms with Crippen LogP contribution in [0.1, 0.15) is 6.92 Å². The van der Waals surface area contributed by atoms with Crippen molar-refractivity contribution in [2.24, 2.45) is 4.99 Å². The number of hydrogen-bond donors (Lipinski definition) is 1. The molecule has 5 heteroatoms. The van der Waals surface area contributed by atoms with Gasteiger partial charge >= 0.3 is 0 Å². The van der Waals surface area contributed by atoms with E-state index in [9.17, 15) is 0 Å². The number of likely N-dealkylation sites (N-methyl/N-ethyl adjacent to an activating group) is 1. The fraction of sp³-hybridized carbons (Fsp3) is 0.643. The third-order valence-corrected chi connectivity index (χ3v) is 3.01. The van der Waals surface area contributed by atoms with Gasteiger partial charge in [0.15, 0.2) is 0 Å². The van der Waals surface area contributed by atoms with E-state index in [1.807, 2.05) is 18.4 Å². The summed E-state index contributed by atoms with van der Waals surface area (Å²) in [5.74, 6) is 0.902. The van der Waals surface area contributed by atoms with Gasteiger partial charge < -0.3 is 14.8 Å². The number of ether oxygens (including phenoxy) is 2. The van der Waals surface area contributed by atoms with Crippen LogP contribution in [0.4, 0.5) is 0 Å². The van der Waals surface area contributed by atoms with Gasteiger partial charge in [-0.1, -0.05) is 6.92 Å². The molecule has 0 saturated carbocycles. The first kappa shape index (κ1) is 15.9. The number of aliphatic imine (C=N–C) groups is 1. The molecule has 0 unspecified atom stereocenters. The van der Waals surface area contributed by atoms with Gasteiger partial charge in [-0.25, -0.2) is 0 Å². The Hall–Kier alpha value is -1.17. The van der Waals surface area contributed by atoms with E-state index in [2.05, 4.69) is 22.1 Å². The first-order valence-corrected chi connectivity index (χ1v) is 6.71. The van der Waals surface area contributed by atoms with Crippen LogP contribution in [0, 0.1) is 0 Å². The van der Waals surface area contributed by atoms with E-state index >= 15 is 0 Å². The van der Waals surface area contributed by atoms with Crippen molar-refractivity contribution in [1.82, 2.24) is 10.2 Å². The molecule has 0 fully saturated rings. The molecule has 0 aromatic carbocycles. The molecule has 1 aliphatic rings. The third kappa shape index (κ3) is 6.00. The van der Waals surface area contributed by atoms with Gasteiger partial charge in [0, 0.05) is 39.0 Å². The number of methoxy groups -OCH3 is 1. The van der Waals surface area contributed by atoms with Gasteiger partial charge in [0.25, 0.3) is 0 Å². The highest BCUT2D eigenvalue weighted by atomic mass is 16.5. The third-order valence-electron chi connectivity index (χ3n) is 3.01. The summed E-state index contributed by atoms with van der Waals surface area (Å²) in [5, 5.41) is 3.07. The van der Waals surface area contributed by atoms with Crippen molar-refractivity contribution >= 4 is 5.84 Å². The fourth-order valence-corrected chi connectivity index (χ4v) is 1.81. The molecule has 0 bridgehead atoms. The molecule has 0 atom stereocenters. The van der Waals surface area contributed by atoms with Crippen molar-refractivity contribution in [3.05, 3.63) is 23.9 Å². The Kier molecular flexibility index (Phi) is 8.13. The van der Waals surface area contributed by atoms with Gasteiger partial charge in [0.2, 0.25) is 0 Å². The average Bonchev–Trinajstić information content (AvgIpc) is 2.89. The molecule has 0 spiro atoms.